The predicted molar refractivity (Wildman–Crippen MR) is 69.5 cm³/mol. The predicted octanol–water partition coefficient (Wildman–Crippen LogP) is 1.03. The second kappa shape index (κ2) is 5.39. The second-order valence-corrected chi connectivity index (χ2v) is 4.80. The molecule has 0 amide bonds. The van der Waals surface area contributed by atoms with E-state index < -0.39 is 0 Å². The molecule has 100 valence electrons. The highest BCUT2D eigenvalue weighted by Crippen LogP contribution is 2.45. The summed E-state index contributed by atoms with van der Waals surface area (Å²) in [6, 6.07) is 0. The van der Waals surface area contributed by atoms with Crippen molar-refractivity contribution in [2.24, 2.45) is 5.41 Å². The van der Waals surface area contributed by atoms with Gasteiger partial charge >= 0.3 is 0 Å². The number of rotatable bonds is 7. The Morgan fingerprint density at radius 1 is 1.50 bits per heavy atom. The summed E-state index contributed by atoms with van der Waals surface area (Å²) in [7, 11) is 0. The topological polar surface area (TPSA) is 93.3 Å². The van der Waals surface area contributed by atoms with Crippen molar-refractivity contribution in [2.45, 2.75) is 26.2 Å². The molecule has 1 fully saturated rings. The first kappa shape index (κ1) is 12.9. The third-order valence-corrected chi connectivity index (χ3v) is 3.21. The van der Waals surface area contributed by atoms with E-state index in [2.05, 4.69) is 15.3 Å². The maximum absolute atomic E-state index is 9.25. The first-order valence-electron chi connectivity index (χ1n) is 6.29. The molecule has 6 heteroatoms. The van der Waals surface area contributed by atoms with Crippen molar-refractivity contribution >= 4 is 11.5 Å². The first-order valence-corrected chi connectivity index (χ1v) is 6.29. The molecule has 18 heavy (non-hydrogen) atoms. The molecule has 0 aliphatic heterocycles. The lowest BCUT2D eigenvalue weighted by molar-refractivity contribution is 0.219. The number of ether oxygens (including phenoxy) is 1. The van der Waals surface area contributed by atoms with Crippen LogP contribution < -0.4 is 15.8 Å². The van der Waals surface area contributed by atoms with Gasteiger partial charge in [-0.1, -0.05) is 6.92 Å². The number of anilines is 2. The van der Waals surface area contributed by atoms with Gasteiger partial charge in [-0.05, 0) is 19.3 Å². The van der Waals surface area contributed by atoms with Gasteiger partial charge in [-0.15, -0.1) is 0 Å². The van der Waals surface area contributed by atoms with Crippen LogP contribution in [0.2, 0.25) is 0 Å². The van der Waals surface area contributed by atoms with Crippen LogP contribution >= 0.6 is 0 Å². The van der Waals surface area contributed by atoms with Crippen LogP contribution in [0.3, 0.4) is 0 Å². The van der Waals surface area contributed by atoms with Gasteiger partial charge in [0, 0.05) is 12.0 Å². The van der Waals surface area contributed by atoms with Crippen LogP contribution in [0, 0.1) is 5.41 Å². The Bertz CT molecular complexity index is 407. The van der Waals surface area contributed by atoms with E-state index in [1.165, 1.54) is 6.33 Å². The van der Waals surface area contributed by atoms with Gasteiger partial charge in [0.05, 0.1) is 13.2 Å². The molecule has 2 rings (SSSR count). The van der Waals surface area contributed by atoms with Gasteiger partial charge < -0.3 is 20.9 Å². The summed E-state index contributed by atoms with van der Waals surface area (Å²) >= 11 is 0. The van der Waals surface area contributed by atoms with E-state index in [1.54, 1.807) is 0 Å². The molecule has 0 radical (unpaired) electrons. The van der Waals surface area contributed by atoms with Crippen molar-refractivity contribution < 1.29 is 9.84 Å². The third-order valence-electron chi connectivity index (χ3n) is 3.21. The van der Waals surface area contributed by atoms with Gasteiger partial charge in [-0.25, -0.2) is 4.98 Å². The Balaban J connectivity index is 1.99. The molecule has 0 atom stereocenters. The molecule has 6 nitrogen and oxygen atoms in total. The second-order valence-electron chi connectivity index (χ2n) is 4.80. The van der Waals surface area contributed by atoms with Crippen LogP contribution in [0.15, 0.2) is 6.33 Å². The average Bonchev–Trinajstić information content (AvgIpc) is 3.17. The summed E-state index contributed by atoms with van der Waals surface area (Å²) in [5.41, 5.74) is 6.39. The van der Waals surface area contributed by atoms with E-state index in [9.17, 15) is 5.11 Å². The van der Waals surface area contributed by atoms with E-state index >= 15 is 0 Å². The number of nitrogens with one attached hydrogen (secondary N) is 1. The summed E-state index contributed by atoms with van der Waals surface area (Å²) < 4.78 is 5.44. The molecule has 0 spiro atoms. The van der Waals surface area contributed by atoms with Gasteiger partial charge in [0.25, 0.3) is 0 Å². The van der Waals surface area contributed by atoms with Gasteiger partial charge in [0.1, 0.15) is 12.0 Å². The molecule has 1 aromatic heterocycles. The molecule has 0 saturated heterocycles. The number of nitrogen functional groups attached to an aromatic ring is 1. The maximum Gasteiger partial charge on any atom is 0.242 e. The average molecular weight is 252 g/mol. The highest BCUT2D eigenvalue weighted by molar-refractivity contribution is 5.66. The minimum absolute atomic E-state index is 0.0157. The third kappa shape index (κ3) is 2.81. The highest BCUT2D eigenvalue weighted by Gasteiger charge is 2.41. The van der Waals surface area contributed by atoms with Crippen LogP contribution in [-0.2, 0) is 0 Å². The lowest BCUT2D eigenvalue weighted by atomic mass is 10.1. The Kier molecular flexibility index (Phi) is 3.86. The standard InChI is InChI=1S/C12H20N4O2/c1-2-5-18-11-9(13)10(15-8-16-11)14-6-12(7-17)3-4-12/h8,17H,2-7,13H2,1H3,(H,14,15,16). The van der Waals surface area contributed by atoms with Crippen molar-refractivity contribution in [1.82, 2.24) is 9.97 Å². The van der Waals surface area contributed by atoms with E-state index in [-0.39, 0.29) is 12.0 Å². The molecule has 4 N–H and O–H groups in total. The molecule has 0 unspecified atom stereocenters. The SMILES string of the molecule is CCCOc1ncnc(NCC2(CO)CC2)c1N. The van der Waals surface area contributed by atoms with Gasteiger partial charge in [-0.3, -0.25) is 0 Å². The Morgan fingerprint density at radius 3 is 2.89 bits per heavy atom. The number of nitrogens with zero attached hydrogens (tertiary/aromatic N) is 2. The zero-order chi connectivity index (χ0) is 13.0. The lowest BCUT2D eigenvalue weighted by Crippen LogP contribution is -2.20. The van der Waals surface area contributed by atoms with Crippen molar-refractivity contribution in [3.63, 3.8) is 0 Å². The fourth-order valence-electron chi connectivity index (χ4n) is 1.67. The summed E-state index contributed by atoms with van der Waals surface area (Å²) in [4.78, 5) is 8.11. The molecule has 1 aromatic rings. The van der Waals surface area contributed by atoms with Crippen LogP contribution in [-0.4, -0.2) is 34.8 Å². The minimum Gasteiger partial charge on any atom is -0.476 e. The Morgan fingerprint density at radius 2 is 2.28 bits per heavy atom. The monoisotopic (exact) mass is 252 g/mol. The van der Waals surface area contributed by atoms with Crippen molar-refractivity contribution in [3.8, 4) is 5.88 Å². The molecule has 1 saturated carbocycles. The van der Waals surface area contributed by atoms with Gasteiger partial charge in [0.2, 0.25) is 5.88 Å². The number of hydrogen-bond donors (Lipinski definition) is 3. The van der Waals surface area contributed by atoms with E-state index in [0.29, 0.717) is 30.5 Å². The quantitative estimate of drug-likeness (QED) is 0.671. The zero-order valence-electron chi connectivity index (χ0n) is 10.6. The van der Waals surface area contributed by atoms with Crippen molar-refractivity contribution in [2.75, 3.05) is 30.8 Å². The molecule has 1 heterocycles. The first-order chi connectivity index (χ1) is 8.71. The molecule has 0 bridgehead atoms. The van der Waals surface area contributed by atoms with Crippen molar-refractivity contribution in [1.29, 1.82) is 0 Å². The Labute approximate surface area is 107 Å². The number of aliphatic hydroxyl groups is 1. The summed E-state index contributed by atoms with van der Waals surface area (Å²) in [6.07, 6.45) is 4.42. The maximum atomic E-state index is 9.25. The Hall–Kier alpha value is -1.56. The number of aromatic nitrogens is 2. The van der Waals surface area contributed by atoms with Crippen LogP contribution in [0.1, 0.15) is 26.2 Å². The summed E-state index contributed by atoms with van der Waals surface area (Å²) in [5.74, 6) is 0.999. The minimum atomic E-state index is 0.0157. The largest absolute Gasteiger partial charge is 0.476 e. The molecular weight excluding hydrogens is 232 g/mol. The van der Waals surface area contributed by atoms with E-state index in [4.69, 9.17) is 10.5 Å². The molecule has 1 aliphatic rings. The number of aliphatic hydroxyl groups excluding tert-OH is 1. The smallest absolute Gasteiger partial charge is 0.242 e. The summed E-state index contributed by atoms with van der Waals surface area (Å²) in [6.45, 7) is 3.48. The lowest BCUT2D eigenvalue weighted by Gasteiger charge is -2.15. The normalized spacial score (nSPS) is 16.3. The van der Waals surface area contributed by atoms with Crippen LogP contribution in [0.25, 0.3) is 0 Å². The number of hydrogen-bond acceptors (Lipinski definition) is 6. The van der Waals surface area contributed by atoms with Gasteiger partial charge in [-0.2, -0.15) is 4.98 Å². The fraction of sp³-hybridized carbons (Fsp3) is 0.667. The fourth-order valence-corrected chi connectivity index (χ4v) is 1.67. The zero-order valence-corrected chi connectivity index (χ0v) is 10.6. The molecule has 1 aliphatic carbocycles. The van der Waals surface area contributed by atoms with Crippen LogP contribution in [0.5, 0.6) is 5.88 Å². The highest BCUT2D eigenvalue weighted by atomic mass is 16.5. The van der Waals surface area contributed by atoms with Gasteiger partial charge in [0.15, 0.2) is 5.82 Å². The van der Waals surface area contributed by atoms with Crippen molar-refractivity contribution in [3.05, 3.63) is 6.33 Å². The summed E-state index contributed by atoms with van der Waals surface area (Å²) in [5, 5.41) is 12.4. The molecule has 0 aromatic carbocycles. The number of nitrogens with two attached hydrogens (primary N) is 1. The van der Waals surface area contributed by atoms with Crippen LogP contribution in [0.4, 0.5) is 11.5 Å². The molecular formula is C12H20N4O2. The van der Waals surface area contributed by atoms with E-state index in [1.807, 2.05) is 6.92 Å². The van der Waals surface area contributed by atoms with E-state index in [0.717, 1.165) is 19.3 Å².